The van der Waals surface area contributed by atoms with E-state index in [1.54, 1.807) is 0 Å². The van der Waals surface area contributed by atoms with Gasteiger partial charge in [-0.2, -0.15) is 0 Å². The molecule has 2 unspecified atom stereocenters. The van der Waals surface area contributed by atoms with Crippen LogP contribution in [-0.2, 0) is 19.1 Å². The second-order valence-electron chi connectivity index (χ2n) is 15.0. The molecule has 0 saturated heterocycles. The molecule has 0 fully saturated rings. The number of benzene rings is 6. The van der Waals surface area contributed by atoms with E-state index in [1.807, 2.05) is 113 Å². The Bertz CT molecular complexity index is 2150. The largest absolute Gasteiger partial charge is 0.490 e. The Labute approximate surface area is 374 Å². The highest BCUT2D eigenvalue weighted by molar-refractivity contribution is 6.19. The van der Waals surface area contributed by atoms with Crippen LogP contribution in [-0.4, -0.2) is 62.3 Å². The molecule has 0 aliphatic carbocycles. The van der Waals surface area contributed by atoms with Gasteiger partial charge in [-0.3, -0.25) is 9.59 Å². The van der Waals surface area contributed by atoms with Gasteiger partial charge in [-0.25, -0.2) is 0 Å². The van der Waals surface area contributed by atoms with Crippen molar-refractivity contribution in [1.82, 2.24) is 0 Å². The maximum atomic E-state index is 12.5. The number of esters is 2. The van der Waals surface area contributed by atoms with Gasteiger partial charge in [0.15, 0.2) is 12.2 Å². The molecule has 10 heteroatoms. The van der Waals surface area contributed by atoms with Gasteiger partial charge in [0.1, 0.15) is 49.4 Å². The molecule has 0 aliphatic heterocycles. The third kappa shape index (κ3) is 13.0. The molecule has 8 nitrogen and oxygen atoms in total. The van der Waals surface area contributed by atoms with Gasteiger partial charge >= 0.3 is 11.9 Å². The van der Waals surface area contributed by atoms with E-state index in [1.165, 1.54) is 0 Å². The smallest absolute Gasteiger partial charge is 0.307 e. The van der Waals surface area contributed by atoms with Gasteiger partial charge in [0.25, 0.3) is 0 Å². The van der Waals surface area contributed by atoms with Crippen LogP contribution in [0, 0.1) is 27.7 Å². The average molecular weight is 876 g/mol. The molecule has 2 atom stereocenters. The maximum Gasteiger partial charge on any atom is 0.307 e. The second-order valence-corrected chi connectivity index (χ2v) is 15.8. The standard InChI is InChI=1S/C52H52Cl2O8/c1-35-27-43(28-36(2)51(35)59-33-47(61-49(55)23-25-53)31-57-45-19-15-41(16-20-45)39-11-7-5-8-12-39)44-29-37(3)52(38(4)30-44)60-34-48(62-50(56)24-26-54)32-58-46-21-17-42(18-22-46)40-13-9-6-10-14-40/h5-22,27-30,47-48H,23-26,31-34H2,1-4H3. The van der Waals surface area contributed by atoms with Crippen molar-refractivity contribution in [3.63, 3.8) is 0 Å². The normalized spacial score (nSPS) is 11.9. The summed E-state index contributed by atoms with van der Waals surface area (Å²) in [6.45, 7) is 8.37. The zero-order chi connectivity index (χ0) is 43.8. The summed E-state index contributed by atoms with van der Waals surface area (Å²) in [6.07, 6.45) is -1.17. The van der Waals surface area contributed by atoms with Crippen LogP contribution in [0.4, 0.5) is 0 Å². The molecule has 0 bridgehead atoms. The molecular weight excluding hydrogens is 823 g/mol. The van der Waals surface area contributed by atoms with Crippen LogP contribution in [0.2, 0.25) is 0 Å². The first kappa shape index (κ1) is 45.6. The lowest BCUT2D eigenvalue weighted by molar-refractivity contribution is -0.152. The molecule has 322 valence electrons. The number of hydrogen-bond acceptors (Lipinski definition) is 8. The Kier molecular flexibility index (Phi) is 16.7. The summed E-state index contributed by atoms with van der Waals surface area (Å²) in [4.78, 5) is 25.0. The first-order chi connectivity index (χ1) is 30.1. The van der Waals surface area contributed by atoms with Crippen LogP contribution in [0.25, 0.3) is 33.4 Å². The van der Waals surface area contributed by atoms with E-state index >= 15 is 0 Å². The fourth-order valence-corrected chi connectivity index (χ4v) is 7.35. The molecule has 6 aromatic rings. The van der Waals surface area contributed by atoms with Crippen LogP contribution in [0.15, 0.2) is 133 Å². The van der Waals surface area contributed by atoms with E-state index < -0.39 is 24.1 Å². The SMILES string of the molecule is Cc1cc(-c2cc(C)c(OCC(COc3ccc(-c4ccccc4)cc3)OC(=O)CCCl)c(C)c2)cc(C)c1OCC(COc1ccc(-c2ccccc2)cc1)OC(=O)CCCl. The maximum absolute atomic E-state index is 12.5. The monoisotopic (exact) mass is 874 g/mol. The van der Waals surface area contributed by atoms with Crippen molar-refractivity contribution in [3.05, 3.63) is 156 Å². The van der Waals surface area contributed by atoms with Crippen molar-refractivity contribution in [3.8, 4) is 56.4 Å². The number of rotatable bonds is 21. The molecule has 6 aromatic carbocycles. The lowest BCUT2D eigenvalue weighted by Crippen LogP contribution is -2.31. The highest BCUT2D eigenvalue weighted by Crippen LogP contribution is 2.35. The number of hydrogen-bond donors (Lipinski definition) is 0. The molecule has 0 heterocycles. The fraction of sp³-hybridized carbons (Fsp3) is 0.269. The number of halogens is 2. The van der Waals surface area contributed by atoms with E-state index in [9.17, 15) is 9.59 Å². The number of carbonyl (C=O) groups is 2. The van der Waals surface area contributed by atoms with Crippen molar-refractivity contribution >= 4 is 35.1 Å². The zero-order valence-corrected chi connectivity index (χ0v) is 37.0. The lowest BCUT2D eigenvalue weighted by Gasteiger charge is -2.22. The van der Waals surface area contributed by atoms with Crippen molar-refractivity contribution in [2.75, 3.05) is 38.2 Å². The molecule has 0 radical (unpaired) electrons. The molecule has 6 rings (SSSR count). The van der Waals surface area contributed by atoms with E-state index in [-0.39, 0.29) is 51.0 Å². The molecule has 0 spiro atoms. The lowest BCUT2D eigenvalue weighted by atomic mass is 9.96. The van der Waals surface area contributed by atoms with Gasteiger partial charge in [-0.1, -0.05) is 84.9 Å². The Morgan fingerprint density at radius 3 is 1.05 bits per heavy atom. The first-order valence-electron chi connectivity index (χ1n) is 20.7. The number of ether oxygens (including phenoxy) is 6. The molecule has 0 N–H and O–H groups in total. The minimum atomic E-state index is -0.669. The molecule has 0 aromatic heterocycles. The van der Waals surface area contributed by atoms with Crippen molar-refractivity contribution in [1.29, 1.82) is 0 Å². The summed E-state index contributed by atoms with van der Waals surface area (Å²) in [5.41, 5.74) is 10.1. The average Bonchev–Trinajstić information content (AvgIpc) is 3.27. The highest BCUT2D eigenvalue weighted by Gasteiger charge is 2.21. The first-order valence-corrected chi connectivity index (χ1v) is 21.7. The Morgan fingerprint density at radius 2 is 0.726 bits per heavy atom. The van der Waals surface area contributed by atoms with Gasteiger partial charge in [0.05, 0.1) is 12.8 Å². The summed E-state index contributed by atoms with van der Waals surface area (Å²) < 4.78 is 36.3. The zero-order valence-electron chi connectivity index (χ0n) is 35.5. The molecule has 62 heavy (non-hydrogen) atoms. The number of carbonyl (C=O) groups excluding carboxylic acids is 2. The molecule has 0 aliphatic rings. The highest BCUT2D eigenvalue weighted by atomic mass is 35.5. The summed E-state index contributed by atoms with van der Waals surface area (Å²) in [7, 11) is 0. The van der Waals surface area contributed by atoms with Gasteiger partial charge in [0.2, 0.25) is 0 Å². The van der Waals surface area contributed by atoms with Gasteiger partial charge in [-0.15, -0.1) is 23.2 Å². The Morgan fingerprint density at radius 1 is 0.419 bits per heavy atom. The van der Waals surface area contributed by atoms with Crippen molar-refractivity contribution in [2.24, 2.45) is 0 Å². The topological polar surface area (TPSA) is 89.5 Å². The van der Waals surface area contributed by atoms with E-state index in [2.05, 4.69) is 48.5 Å². The van der Waals surface area contributed by atoms with Crippen LogP contribution in [0.1, 0.15) is 35.1 Å². The van der Waals surface area contributed by atoms with Gasteiger partial charge in [-0.05, 0) is 132 Å². The summed E-state index contributed by atoms with van der Waals surface area (Å²) in [6, 6.07) is 44.1. The minimum Gasteiger partial charge on any atom is -0.490 e. The predicted octanol–water partition coefficient (Wildman–Crippen LogP) is 11.9. The van der Waals surface area contributed by atoms with Crippen LogP contribution >= 0.6 is 23.2 Å². The summed E-state index contributed by atoms with van der Waals surface area (Å²) >= 11 is 11.7. The Hall–Kier alpha value is -5.96. The quantitative estimate of drug-likeness (QED) is 0.0522. The van der Waals surface area contributed by atoms with Crippen molar-refractivity contribution < 1.29 is 38.0 Å². The van der Waals surface area contributed by atoms with Crippen LogP contribution < -0.4 is 18.9 Å². The Balaban J connectivity index is 1.09. The third-order valence-corrected chi connectivity index (χ3v) is 10.4. The number of aryl methyl sites for hydroxylation is 4. The summed E-state index contributed by atoms with van der Waals surface area (Å²) in [5.74, 6) is 2.20. The predicted molar refractivity (Wildman–Crippen MR) is 247 cm³/mol. The molecule has 0 saturated carbocycles. The van der Waals surface area contributed by atoms with Crippen LogP contribution in [0.5, 0.6) is 23.0 Å². The second kappa shape index (κ2) is 22.8. The molecule has 0 amide bonds. The van der Waals surface area contributed by atoms with Gasteiger partial charge < -0.3 is 28.4 Å². The fourth-order valence-electron chi connectivity index (χ4n) is 7.04. The summed E-state index contributed by atoms with van der Waals surface area (Å²) in [5, 5.41) is 0. The van der Waals surface area contributed by atoms with E-state index in [0.29, 0.717) is 23.0 Å². The van der Waals surface area contributed by atoms with E-state index in [4.69, 9.17) is 51.6 Å². The van der Waals surface area contributed by atoms with Crippen LogP contribution in [0.3, 0.4) is 0 Å². The minimum absolute atomic E-state index is 0.0844. The number of alkyl halides is 2. The molecular formula is C52H52Cl2O8. The van der Waals surface area contributed by atoms with Gasteiger partial charge in [0, 0.05) is 11.8 Å². The third-order valence-electron chi connectivity index (χ3n) is 10.1. The van der Waals surface area contributed by atoms with E-state index in [0.717, 1.165) is 55.6 Å². The van der Waals surface area contributed by atoms with Crippen molar-refractivity contribution in [2.45, 2.75) is 52.7 Å².